The van der Waals surface area contributed by atoms with Crippen LogP contribution >= 0.6 is 0 Å². The summed E-state index contributed by atoms with van der Waals surface area (Å²) in [5.74, 6) is -1.38. The first-order valence-electron chi connectivity index (χ1n) is 11.5. The van der Waals surface area contributed by atoms with E-state index in [0.717, 1.165) is 5.56 Å². The number of nitrogens with zero attached hydrogens (tertiary/aromatic N) is 1. The second kappa shape index (κ2) is 10.4. The van der Waals surface area contributed by atoms with E-state index < -0.39 is 23.7 Å². The average molecular weight is 480 g/mol. The highest BCUT2D eigenvalue weighted by Gasteiger charge is 2.58. The van der Waals surface area contributed by atoms with Gasteiger partial charge in [-0.1, -0.05) is 42.5 Å². The van der Waals surface area contributed by atoms with Crippen molar-refractivity contribution >= 4 is 17.6 Å². The molecule has 2 aliphatic rings. The number of methoxy groups -OCH3 is 1. The van der Waals surface area contributed by atoms with Gasteiger partial charge in [-0.05, 0) is 50.4 Å². The lowest BCUT2D eigenvalue weighted by molar-refractivity contribution is -0.138. The molecule has 0 saturated heterocycles. The van der Waals surface area contributed by atoms with E-state index in [9.17, 15) is 14.0 Å². The van der Waals surface area contributed by atoms with Gasteiger partial charge in [-0.3, -0.25) is 4.79 Å². The zero-order valence-electron chi connectivity index (χ0n) is 20.1. The Balaban J connectivity index is 1.75. The number of benzene rings is 2. The van der Waals surface area contributed by atoms with Crippen molar-refractivity contribution in [2.45, 2.75) is 24.2 Å². The second-order valence-corrected chi connectivity index (χ2v) is 8.93. The van der Waals surface area contributed by atoms with E-state index in [1.807, 2.05) is 49.3 Å². The Bertz CT molecular complexity index is 1150. The van der Waals surface area contributed by atoms with Crippen LogP contribution < -0.4 is 10.6 Å². The average Bonchev–Trinajstić information content (AvgIpc) is 3.42. The predicted molar refractivity (Wildman–Crippen MR) is 131 cm³/mol. The van der Waals surface area contributed by atoms with Crippen LogP contribution in [0.1, 0.15) is 5.56 Å². The lowest BCUT2D eigenvalue weighted by atomic mass is 9.78. The van der Waals surface area contributed by atoms with Crippen molar-refractivity contribution in [1.29, 1.82) is 0 Å². The molecule has 2 heterocycles. The van der Waals surface area contributed by atoms with E-state index in [-0.39, 0.29) is 22.9 Å². The highest BCUT2D eigenvalue weighted by Crippen LogP contribution is 2.47. The van der Waals surface area contributed by atoms with Crippen LogP contribution in [-0.2, 0) is 25.5 Å². The number of ether oxygens (including phenoxy) is 2. The first-order chi connectivity index (χ1) is 16.8. The van der Waals surface area contributed by atoms with Gasteiger partial charge in [0.25, 0.3) is 5.91 Å². The van der Waals surface area contributed by atoms with Crippen molar-refractivity contribution in [2.24, 2.45) is 0 Å². The molecule has 0 aliphatic carbocycles. The van der Waals surface area contributed by atoms with Gasteiger partial charge in [-0.15, -0.1) is 0 Å². The van der Waals surface area contributed by atoms with Gasteiger partial charge >= 0.3 is 5.97 Å². The summed E-state index contributed by atoms with van der Waals surface area (Å²) in [6.45, 7) is 1.07. The lowest BCUT2D eigenvalue weighted by Gasteiger charge is -2.36. The molecular weight excluding hydrogens is 449 g/mol. The smallest absolute Gasteiger partial charge is 0.337 e. The summed E-state index contributed by atoms with van der Waals surface area (Å²) in [5.41, 5.74) is 0.670. The number of fused-ring (bicyclic) bond motifs is 2. The molecule has 0 spiro atoms. The highest BCUT2D eigenvalue weighted by molar-refractivity contribution is 6.07. The number of likely N-dealkylation sites (N-methyl/N-ethyl adjacent to an activating group) is 1. The molecular formula is C27H30FN3O4. The van der Waals surface area contributed by atoms with Crippen molar-refractivity contribution < 1.29 is 23.5 Å². The third-order valence-electron chi connectivity index (χ3n) is 6.23. The van der Waals surface area contributed by atoms with Crippen molar-refractivity contribution in [1.82, 2.24) is 10.2 Å². The summed E-state index contributed by atoms with van der Waals surface area (Å²) in [4.78, 5) is 28.2. The molecule has 7 nitrogen and oxygen atoms in total. The summed E-state index contributed by atoms with van der Waals surface area (Å²) in [6, 6.07) is 15.3. The fraction of sp³-hybridized carbons (Fsp3) is 0.333. The first-order valence-corrected chi connectivity index (χ1v) is 11.5. The van der Waals surface area contributed by atoms with Crippen molar-refractivity contribution in [3.63, 3.8) is 0 Å². The molecule has 184 valence electrons. The van der Waals surface area contributed by atoms with Crippen LogP contribution in [0.5, 0.6) is 0 Å². The van der Waals surface area contributed by atoms with Crippen LogP contribution in [0.25, 0.3) is 0 Å². The van der Waals surface area contributed by atoms with Crippen LogP contribution in [0.2, 0.25) is 0 Å². The molecule has 2 N–H and O–H groups in total. The number of halogens is 1. The van der Waals surface area contributed by atoms with Crippen LogP contribution in [0.3, 0.4) is 0 Å². The quantitative estimate of drug-likeness (QED) is 0.403. The van der Waals surface area contributed by atoms with E-state index in [1.165, 1.54) is 19.2 Å². The molecule has 2 aromatic rings. The zero-order chi connectivity index (χ0) is 25.0. The maximum atomic E-state index is 14.0. The van der Waals surface area contributed by atoms with Gasteiger partial charge in [-0.25, -0.2) is 9.18 Å². The number of esters is 1. The summed E-state index contributed by atoms with van der Waals surface area (Å²) in [5, 5.41) is 6.24. The Morgan fingerprint density at radius 1 is 1.17 bits per heavy atom. The third-order valence-corrected chi connectivity index (χ3v) is 6.23. The number of carbonyl (C=O) groups is 2. The van der Waals surface area contributed by atoms with Crippen molar-refractivity contribution in [3.8, 4) is 0 Å². The van der Waals surface area contributed by atoms with E-state index in [4.69, 9.17) is 9.47 Å². The summed E-state index contributed by atoms with van der Waals surface area (Å²) in [6.07, 6.45) is 3.36. The number of nitrogens with one attached hydrogen (secondary N) is 2. The van der Waals surface area contributed by atoms with E-state index in [2.05, 4.69) is 10.6 Å². The number of carbonyl (C=O) groups excluding carboxylic acids is 2. The Morgan fingerprint density at radius 2 is 1.94 bits per heavy atom. The number of hydrogen-bond donors (Lipinski definition) is 2. The van der Waals surface area contributed by atoms with Crippen LogP contribution in [0, 0.1) is 5.82 Å². The molecule has 2 bridgehead atoms. The normalized spacial score (nSPS) is 21.3. The molecule has 0 saturated carbocycles. The summed E-state index contributed by atoms with van der Waals surface area (Å²) in [7, 11) is 5.11. The van der Waals surface area contributed by atoms with Crippen LogP contribution in [0.4, 0.5) is 10.1 Å². The fourth-order valence-electron chi connectivity index (χ4n) is 4.58. The highest BCUT2D eigenvalue weighted by atomic mass is 19.1. The molecule has 3 atom stereocenters. The van der Waals surface area contributed by atoms with E-state index in [1.54, 1.807) is 24.3 Å². The molecule has 0 aromatic heterocycles. The van der Waals surface area contributed by atoms with Gasteiger partial charge < -0.3 is 25.0 Å². The second-order valence-electron chi connectivity index (χ2n) is 8.93. The van der Waals surface area contributed by atoms with Gasteiger partial charge in [0.1, 0.15) is 17.5 Å². The molecule has 2 aromatic carbocycles. The van der Waals surface area contributed by atoms with Gasteiger partial charge in [0.05, 0.1) is 24.3 Å². The minimum atomic E-state index is -1.27. The van der Waals surface area contributed by atoms with Gasteiger partial charge in [0.2, 0.25) is 0 Å². The number of hydrogen-bond acceptors (Lipinski definition) is 6. The van der Waals surface area contributed by atoms with Crippen molar-refractivity contribution in [2.75, 3.05) is 39.6 Å². The monoisotopic (exact) mass is 479 g/mol. The number of rotatable bonds is 10. The van der Waals surface area contributed by atoms with Gasteiger partial charge in [0, 0.05) is 18.8 Å². The lowest BCUT2D eigenvalue weighted by Crippen LogP contribution is -2.49. The fourth-order valence-corrected chi connectivity index (χ4v) is 4.58. The number of anilines is 1. The Morgan fingerprint density at radius 3 is 2.63 bits per heavy atom. The van der Waals surface area contributed by atoms with Gasteiger partial charge in [-0.2, -0.15) is 0 Å². The largest absolute Gasteiger partial charge is 0.466 e. The van der Waals surface area contributed by atoms with Crippen LogP contribution in [-0.4, -0.2) is 68.8 Å². The molecule has 8 heteroatoms. The van der Waals surface area contributed by atoms with E-state index in [0.29, 0.717) is 25.2 Å². The third kappa shape index (κ3) is 5.13. The minimum Gasteiger partial charge on any atom is -0.466 e. The molecule has 35 heavy (non-hydrogen) atoms. The molecule has 0 radical (unpaired) electrons. The topological polar surface area (TPSA) is 79.9 Å². The molecule has 0 fully saturated rings. The standard InChI is InChI=1S/C27H30FN3O4/c1-31(2)15-14-29-25(32)23-21-12-13-27(35-21,24(23)26(33)34-3)22(16-18-8-5-4-6-9-18)30-20-11-7-10-19(28)17-20/h4-13,17,21-22,30H,14-16H2,1-3H3,(H,29,32). The van der Waals surface area contributed by atoms with Crippen LogP contribution in [0.15, 0.2) is 77.9 Å². The van der Waals surface area contributed by atoms with Crippen molar-refractivity contribution in [3.05, 3.63) is 89.3 Å². The summed E-state index contributed by atoms with van der Waals surface area (Å²) >= 11 is 0. The molecule has 1 amide bonds. The summed E-state index contributed by atoms with van der Waals surface area (Å²) < 4.78 is 25.5. The number of amides is 1. The van der Waals surface area contributed by atoms with E-state index >= 15 is 0 Å². The molecule has 2 aliphatic heterocycles. The maximum Gasteiger partial charge on any atom is 0.337 e. The SMILES string of the molecule is COC(=O)C1=C(C(=O)NCCN(C)C)C2C=CC1(C(Cc1ccccc1)Nc1cccc(F)c1)O2. The molecule has 3 unspecified atom stereocenters. The minimum absolute atomic E-state index is 0.166. The Hall–Kier alpha value is -3.49. The maximum absolute atomic E-state index is 14.0. The zero-order valence-corrected chi connectivity index (χ0v) is 20.1. The Labute approximate surface area is 204 Å². The predicted octanol–water partition coefficient (Wildman–Crippen LogP) is 2.70. The first kappa shape index (κ1) is 24.6. The van der Waals surface area contributed by atoms with Gasteiger partial charge in [0.15, 0.2) is 0 Å². The Kier molecular flexibility index (Phi) is 7.33. The molecule has 4 rings (SSSR count).